The topological polar surface area (TPSA) is 81.4 Å². The summed E-state index contributed by atoms with van der Waals surface area (Å²) in [5.74, 6) is -0.00154. The Kier molecular flexibility index (Phi) is 4.63. The number of aryl methyl sites for hydroxylation is 2. The molecular formula is C19H26N2O3. The van der Waals surface area contributed by atoms with E-state index >= 15 is 0 Å². The second-order valence-electron chi connectivity index (χ2n) is 7.27. The van der Waals surface area contributed by atoms with Gasteiger partial charge in [-0.1, -0.05) is 18.2 Å². The van der Waals surface area contributed by atoms with E-state index in [0.29, 0.717) is 38.5 Å². The summed E-state index contributed by atoms with van der Waals surface area (Å²) in [5.41, 5.74) is 8.68. The number of ether oxygens (including phenoxy) is 1. The smallest absolute Gasteiger partial charge is 0.225 e. The minimum Gasteiger partial charge on any atom is -0.381 e. The molecule has 1 aliphatic heterocycles. The summed E-state index contributed by atoms with van der Waals surface area (Å²) in [7, 11) is 0. The van der Waals surface area contributed by atoms with Gasteiger partial charge in [-0.05, 0) is 55.7 Å². The van der Waals surface area contributed by atoms with Gasteiger partial charge in [0.15, 0.2) is 0 Å². The number of benzene rings is 1. The maximum atomic E-state index is 12.5. The van der Waals surface area contributed by atoms with Crippen molar-refractivity contribution in [2.24, 2.45) is 17.1 Å². The number of carbonyl (C=O) groups excluding carboxylic acids is 2. The number of amides is 2. The molecule has 1 heterocycles. The highest BCUT2D eigenvalue weighted by atomic mass is 16.5. The first-order chi connectivity index (χ1) is 11.4. The molecule has 2 aliphatic rings. The average molecular weight is 330 g/mol. The van der Waals surface area contributed by atoms with Crippen LogP contribution in [-0.4, -0.2) is 31.6 Å². The molecule has 3 rings (SSSR count). The predicted molar refractivity (Wildman–Crippen MR) is 91.5 cm³/mol. The molecule has 2 unspecified atom stereocenters. The fraction of sp³-hybridized carbons (Fsp3) is 0.579. The summed E-state index contributed by atoms with van der Waals surface area (Å²) in [6, 6.07) is 6.41. The molecule has 1 saturated heterocycles. The van der Waals surface area contributed by atoms with E-state index in [-0.39, 0.29) is 17.7 Å². The minimum atomic E-state index is -0.654. The van der Waals surface area contributed by atoms with Crippen LogP contribution in [0.1, 0.15) is 41.9 Å². The third-order valence-corrected chi connectivity index (χ3v) is 5.66. The Morgan fingerprint density at radius 3 is 2.58 bits per heavy atom. The first-order valence-electron chi connectivity index (χ1n) is 8.65. The number of nitrogens with two attached hydrogens (primary N) is 1. The van der Waals surface area contributed by atoms with Gasteiger partial charge in [-0.25, -0.2) is 0 Å². The summed E-state index contributed by atoms with van der Waals surface area (Å²) >= 11 is 0. The SMILES string of the molecule is Cc1ccc(C2CC2C(=O)NCC2(C(N)=O)CCOCC2)cc1C. The predicted octanol–water partition coefficient (Wildman–Crippen LogP) is 1.81. The molecule has 3 N–H and O–H groups in total. The third-order valence-electron chi connectivity index (χ3n) is 5.66. The Hall–Kier alpha value is -1.88. The van der Waals surface area contributed by atoms with Crippen molar-refractivity contribution in [3.8, 4) is 0 Å². The maximum Gasteiger partial charge on any atom is 0.225 e. The van der Waals surface area contributed by atoms with E-state index in [1.54, 1.807) is 0 Å². The zero-order chi connectivity index (χ0) is 17.3. The molecule has 0 spiro atoms. The molecule has 0 bridgehead atoms. The van der Waals surface area contributed by atoms with Crippen molar-refractivity contribution < 1.29 is 14.3 Å². The van der Waals surface area contributed by atoms with Gasteiger partial charge < -0.3 is 15.8 Å². The number of rotatable bonds is 5. The quantitative estimate of drug-likeness (QED) is 0.864. The van der Waals surface area contributed by atoms with Gasteiger partial charge in [0.25, 0.3) is 0 Å². The molecule has 130 valence electrons. The van der Waals surface area contributed by atoms with Gasteiger partial charge >= 0.3 is 0 Å². The van der Waals surface area contributed by atoms with Crippen LogP contribution in [0.15, 0.2) is 18.2 Å². The van der Waals surface area contributed by atoms with Crippen molar-refractivity contribution in [2.45, 2.75) is 39.0 Å². The minimum absolute atomic E-state index is 0.0110. The van der Waals surface area contributed by atoms with Crippen LogP contribution in [0, 0.1) is 25.2 Å². The van der Waals surface area contributed by atoms with Crippen LogP contribution in [-0.2, 0) is 14.3 Å². The summed E-state index contributed by atoms with van der Waals surface area (Å²) in [5, 5.41) is 2.97. The lowest BCUT2D eigenvalue weighted by Gasteiger charge is -2.34. The first kappa shape index (κ1) is 17.0. The number of hydrogen-bond acceptors (Lipinski definition) is 3. The van der Waals surface area contributed by atoms with Gasteiger partial charge in [-0.15, -0.1) is 0 Å². The highest BCUT2D eigenvalue weighted by Crippen LogP contribution is 2.48. The van der Waals surface area contributed by atoms with Crippen LogP contribution in [0.4, 0.5) is 0 Å². The maximum absolute atomic E-state index is 12.5. The second-order valence-corrected chi connectivity index (χ2v) is 7.27. The second kappa shape index (κ2) is 6.55. The van der Waals surface area contributed by atoms with E-state index in [4.69, 9.17) is 10.5 Å². The molecule has 5 nitrogen and oxygen atoms in total. The number of carbonyl (C=O) groups is 2. The van der Waals surface area contributed by atoms with Crippen molar-refractivity contribution in [1.82, 2.24) is 5.32 Å². The normalized spacial score (nSPS) is 25.1. The lowest BCUT2D eigenvalue weighted by Crippen LogP contribution is -2.49. The highest BCUT2D eigenvalue weighted by Gasteiger charge is 2.45. The largest absolute Gasteiger partial charge is 0.381 e. The average Bonchev–Trinajstić information content (AvgIpc) is 3.36. The lowest BCUT2D eigenvalue weighted by atomic mass is 9.79. The van der Waals surface area contributed by atoms with E-state index in [0.717, 1.165) is 6.42 Å². The Morgan fingerprint density at radius 1 is 1.25 bits per heavy atom. The molecule has 1 saturated carbocycles. The van der Waals surface area contributed by atoms with Crippen LogP contribution >= 0.6 is 0 Å². The van der Waals surface area contributed by atoms with Crippen LogP contribution < -0.4 is 11.1 Å². The van der Waals surface area contributed by atoms with Crippen molar-refractivity contribution >= 4 is 11.8 Å². The number of primary amides is 1. The molecule has 0 aromatic heterocycles. The Morgan fingerprint density at radius 2 is 1.96 bits per heavy atom. The molecule has 1 aromatic carbocycles. The molecular weight excluding hydrogens is 304 g/mol. The van der Waals surface area contributed by atoms with Gasteiger partial charge in [0.1, 0.15) is 0 Å². The molecule has 1 aromatic rings. The molecule has 1 aliphatic carbocycles. The zero-order valence-corrected chi connectivity index (χ0v) is 14.4. The molecule has 2 atom stereocenters. The number of hydrogen-bond donors (Lipinski definition) is 2. The third kappa shape index (κ3) is 3.31. The van der Waals surface area contributed by atoms with Crippen LogP contribution in [0.5, 0.6) is 0 Å². The Balaban J connectivity index is 1.58. The molecule has 24 heavy (non-hydrogen) atoms. The lowest BCUT2D eigenvalue weighted by molar-refractivity contribution is -0.134. The fourth-order valence-electron chi connectivity index (χ4n) is 3.51. The van der Waals surface area contributed by atoms with E-state index in [1.807, 2.05) is 0 Å². The number of nitrogens with one attached hydrogen (secondary N) is 1. The molecule has 5 heteroatoms. The monoisotopic (exact) mass is 330 g/mol. The Labute approximate surface area is 142 Å². The highest BCUT2D eigenvalue weighted by molar-refractivity contribution is 5.85. The molecule has 0 radical (unpaired) electrons. The van der Waals surface area contributed by atoms with E-state index in [9.17, 15) is 9.59 Å². The van der Waals surface area contributed by atoms with Crippen LogP contribution in [0.25, 0.3) is 0 Å². The van der Waals surface area contributed by atoms with Crippen LogP contribution in [0.2, 0.25) is 0 Å². The van der Waals surface area contributed by atoms with Crippen LogP contribution in [0.3, 0.4) is 0 Å². The van der Waals surface area contributed by atoms with Gasteiger partial charge in [-0.3, -0.25) is 9.59 Å². The van der Waals surface area contributed by atoms with Crippen molar-refractivity contribution in [3.05, 3.63) is 34.9 Å². The van der Waals surface area contributed by atoms with Crippen molar-refractivity contribution in [3.63, 3.8) is 0 Å². The Bertz CT molecular complexity index is 650. The van der Waals surface area contributed by atoms with E-state index < -0.39 is 5.41 Å². The molecule has 2 amide bonds. The van der Waals surface area contributed by atoms with Gasteiger partial charge in [0.2, 0.25) is 11.8 Å². The van der Waals surface area contributed by atoms with Gasteiger partial charge in [0.05, 0.1) is 5.41 Å². The zero-order valence-electron chi connectivity index (χ0n) is 14.4. The summed E-state index contributed by atoms with van der Waals surface area (Å²) in [6.45, 7) is 5.55. The first-order valence-corrected chi connectivity index (χ1v) is 8.65. The summed E-state index contributed by atoms with van der Waals surface area (Å²) < 4.78 is 5.32. The fourth-order valence-corrected chi connectivity index (χ4v) is 3.51. The standard InChI is InChI=1S/C19H26N2O3/c1-12-3-4-14(9-13(12)2)15-10-16(15)17(22)21-11-19(18(20)23)5-7-24-8-6-19/h3-4,9,15-16H,5-8,10-11H2,1-2H3,(H2,20,23)(H,21,22). The summed E-state index contributed by atoms with van der Waals surface area (Å²) in [6.07, 6.45) is 2.03. The van der Waals surface area contributed by atoms with E-state index in [1.165, 1.54) is 16.7 Å². The van der Waals surface area contributed by atoms with Gasteiger partial charge in [0, 0.05) is 25.7 Å². The van der Waals surface area contributed by atoms with E-state index in [2.05, 4.69) is 37.4 Å². The van der Waals surface area contributed by atoms with Crippen molar-refractivity contribution in [2.75, 3.05) is 19.8 Å². The van der Waals surface area contributed by atoms with Crippen molar-refractivity contribution in [1.29, 1.82) is 0 Å². The van der Waals surface area contributed by atoms with Gasteiger partial charge in [-0.2, -0.15) is 0 Å². The molecule has 2 fully saturated rings. The summed E-state index contributed by atoms with van der Waals surface area (Å²) in [4.78, 5) is 24.3.